The van der Waals surface area contributed by atoms with Crippen LogP contribution in [0.25, 0.3) is 0 Å². The van der Waals surface area contributed by atoms with Crippen LogP contribution in [0.4, 0.5) is 5.13 Å². The summed E-state index contributed by atoms with van der Waals surface area (Å²) in [5, 5.41) is 10.8. The van der Waals surface area contributed by atoms with Gasteiger partial charge in [0.1, 0.15) is 12.4 Å². The molecule has 0 bridgehead atoms. The maximum atomic E-state index is 12.5. The minimum Gasteiger partial charge on any atom is -0.489 e. The van der Waals surface area contributed by atoms with Crippen LogP contribution >= 0.6 is 23.1 Å². The summed E-state index contributed by atoms with van der Waals surface area (Å²) in [5.41, 5.74) is 0.614. The molecule has 1 amide bonds. The second-order valence-electron chi connectivity index (χ2n) is 5.30. The number of aromatic nitrogens is 2. The lowest BCUT2D eigenvalue weighted by Crippen LogP contribution is -2.13. The third-order valence-corrected chi connectivity index (χ3v) is 5.28. The first-order valence-corrected chi connectivity index (χ1v) is 10.1. The normalized spacial score (nSPS) is 10.5. The second kappa shape index (κ2) is 9.90. The zero-order valence-corrected chi connectivity index (χ0v) is 16.5. The Hall–Kier alpha value is -2.85. The number of benzene rings is 1. The molecule has 2 heterocycles. The predicted molar refractivity (Wildman–Crippen MR) is 105 cm³/mol. The van der Waals surface area contributed by atoms with Gasteiger partial charge < -0.3 is 13.9 Å². The van der Waals surface area contributed by atoms with Crippen molar-refractivity contribution < 1.29 is 23.5 Å². The lowest BCUT2D eigenvalue weighted by atomic mass is 10.2. The molecule has 0 radical (unpaired) electrons. The molecular weight excluding hydrogens is 402 g/mol. The molecule has 8 nitrogen and oxygen atoms in total. The van der Waals surface area contributed by atoms with E-state index >= 15 is 0 Å². The number of hydrogen-bond acceptors (Lipinski definition) is 9. The highest BCUT2D eigenvalue weighted by Gasteiger charge is 2.18. The van der Waals surface area contributed by atoms with Crippen molar-refractivity contribution >= 4 is 40.1 Å². The van der Waals surface area contributed by atoms with E-state index in [0.717, 1.165) is 11.3 Å². The Morgan fingerprint density at radius 2 is 2.04 bits per heavy atom. The first kappa shape index (κ1) is 19.9. The van der Waals surface area contributed by atoms with Gasteiger partial charge in [-0.2, -0.15) is 0 Å². The molecule has 1 aromatic carbocycles. The minimum atomic E-state index is -0.449. The van der Waals surface area contributed by atoms with E-state index in [1.807, 2.05) is 30.3 Å². The molecule has 1 N–H and O–H groups in total. The molecule has 28 heavy (non-hydrogen) atoms. The summed E-state index contributed by atoms with van der Waals surface area (Å²) in [4.78, 5) is 23.8. The SMILES string of the molecule is CCOC(=O)CSc1nnc(NC(=O)c2occc2COc2ccccc2)s1. The van der Waals surface area contributed by atoms with Gasteiger partial charge in [0, 0.05) is 5.56 Å². The maximum absolute atomic E-state index is 12.5. The first-order valence-electron chi connectivity index (χ1n) is 8.33. The molecule has 0 saturated heterocycles. The molecule has 10 heteroatoms. The molecular formula is C18H17N3O5S2. The van der Waals surface area contributed by atoms with Gasteiger partial charge in [-0.15, -0.1) is 10.2 Å². The predicted octanol–water partition coefficient (Wildman–Crippen LogP) is 3.62. The Morgan fingerprint density at radius 1 is 1.21 bits per heavy atom. The highest BCUT2D eigenvalue weighted by Crippen LogP contribution is 2.26. The topological polar surface area (TPSA) is 104 Å². The molecule has 3 aromatic rings. The minimum absolute atomic E-state index is 0.135. The largest absolute Gasteiger partial charge is 0.489 e. The molecule has 0 aliphatic carbocycles. The lowest BCUT2D eigenvalue weighted by Gasteiger charge is -2.06. The second-order valence-corrected chi connectivity index (χ2v) is 7.50. The Morgan fingerprint density at radius 3 is 2.82 bits per heavy atom. The number of nitrogens with zero attached hydrogens (tertiary/aromatic N) is 2. The van der Waals surface area contributed by atoms with E-state index in [-0.39, 0.29) is 24.1 Å². The third-order valence-electron chi connectivity index (χ3n) is 3.34. The van der Waals surface area contributed by atoms with E-state index < -0.39 is 5.91 Å². The van der Waals surface area contributed by atoms with Crippen LogP contribution in [0.2, 0.25) is 0 Å². The number of furan rings is 1. The van der Waals surface area contributed by atoms with Crippen molar-refractivity contribution in [1.29, 1.82) is 0 Å². The van der Waals surface area contributed by atoms with Gasteiger partial charge in [0.2, 0.25) is 5.13 Å². The number of ether oxygens (including phenoxy) is 2. The Kier molecular flexibility index (Phi) is 7.04. The number of esters is 1. The van der Waals surface area contributed by atoms with Gasteiger partial charge >= 0.3 is 5.97 Å². The van der Waals surface area contributed by atoms with Crippen LogP contribution in [-0.4, -0.2) is 34.4 Å². The van der Waals surface area contributed by atoms with Crippen LogP contribution in [0.3, 0.4) is 0 Å². The summed E-state index contributed by atoms with van der Waals surface area (Å²) in [6, 6.07) is 11.0. The summed E-state index contributed by atoms with van der Waals surface area (Å²) >= 11 is 2.36. The molecule has 0 fully saturated rings. The smallest absolute Gasteiger partial charge is 0.316 e. The van der Waals surface area contributed by atoms with Gasteiger partial charge in [-0.3, -0.25) is 14.9 Å². The van der Waals surface area contributed by atoms with Gasteiger partial charge in [-0.05, 0) is 25.1 Å². The van der Waals surface area contributed by atoms with Gasteiger partial charge in [0.05, 0.1) is 18.6 Å². The molecule has 0 saturated carbocycles. The van der Waals surface area contributed by atoms with Crippen LogP contribution < -0.4 is 10.1 Å². The van der Waals surface area contributed by atoms with Gasteiger partial charge in [-0.25, -0.2) is 0 Å². The number of anilines is 1. The van der Waals surface area contributed by atoms with Crippen molar-refractivity contribution in [3.05, 3.63) is 54.0 Å². The summed E-state index contributed by atoms with van der Waals surface area (Å²) in [6.07, 6.45) is 1.43. The summed E-state index contributed by atoms with van der Waals surface area (Å²) in [7, 11) is 0. The van der Waals surface area contributed by atoms with Crippen molar-refractivity contribution in [2.45, 2.75) is 17.9 Å². The molecule has 2 aromatic heterocycles. The first-order chi connectivity index (χ1) is 13.7. The average molecular weight is 419 g/mol. The van der Waals surface area contributed by atoms with Gasteiger partial charge in [-0.1, -0.05) is 41.3 Å². The quantitative estimate of drug-likeness (QED) is 0.319. The maximum Gasteiger partial charge on any atom is 0.316 e. The molecule has 0 atom stereocenters. The van der Waals surface area contributed by atoms with E-state index in [0.29, 0.717) is 27.4 Å². The van der Waals surface area contributed by atoms with Crippen molar-refractivity contribution in [2.75, 3.05) is 17.7 Å². The molecule has 3 rings (SSSR count). The highest BCUT2D eigenvalue weighted by molar-refractivity contribution is 8.01. The Balaban J connectivity index is 1.55. The molecule has 0 spiro atoms. The molecule has 0 aliphatic rings. The highest BCUT2D eigenvalue weighted by atomic mass is 32.2. The Labute approximate surface area is 169 Å². The van der Waals surface area contributed by atoms with E-state index in [2.05, 4.69) is 15.5 Å². The lowest BCUT2D eigenvalue weighted by molar-refractivity contribution is -0.139. The zero-order valence-electron chi connectivity index (χ0n) is 14.9. The fraction of sp³-hybridized carbons (Fsp3) is 0.222. The standard InChI is InChI=1S/C18H17N3O5S2/c1-2-24-14(22)11-27-18-21-20-17(28-18)19-16(23)15-12(8-9-25-15)10-26-13-6-4-3-5-7-13/h3-9H,2,10-11H2,1H3,(H,19,20,23). The number of thioether (sulfide) groups is 1. The zero-order chi connectivity index (χ0) is 19.8. The number of amides is 1. The summed E-state index contributed by atoms with van der Waals surface area (Å²) in [6.45, 7) is 2.27. The molecule has 0 unspecified atom stereocenters. The van der Waals surface area contributed by atoms with E-state index in [1.165, 1.54) is 18.0 Å². The van der Waals surface area contributed by atoms with Crippen LogP contribution in [0.1, 0.15) is 23.0 Å². The number of carbonyl (C=O) groups excluding carboxylic acids is 2. The Bertz CT molecular complexity index is 926. The molecule has 0 aliphatic heterocycles. The van der Waals surface area contributed by atoms with Crippen molar-refractivity contribution in [3.63, 3.8) is 0 Å². The van der Waals surface area contributed by atoms with Crippen LogP contribution in [0.15, 0.2) is 51.4 Å². The van der Waals surface area contributed by atoms with E-state index in [9.17, 15) is 9.59 Å². The average Bonchev–Trinajstić information content (AvgIpc) is 3.35. The van der Waals surface area contributed by atoms with Gasteiger partial charge in [0.25, 0.3) is 5.91 Å². The van der Waals surface area contributed by atoms with Crippen LogP contribution in [0.5, 0.6) is 5.75 Å². The monoisotopic (exact) mass is 419 g/mol. The number of rotatable bonds is 9. The number of para-hydroxylation sites is 1. The van der Waals surface area contributed by atoms with E-state index in [4.69, 9.17) is 13.9 Å². The van der Waals surface area contributed by atoms with Gasteiger partial charge in [0.15, 0.2) is 10.1 Å². The number of hydrogen-bond donors (Lipinski definition) is 1. The van der Waals surface area contributed by atoms with Crippen LogP contribution in [0, 0.1) is 0 Å². The number of nitrogens with one attached hydrogen (secondary N) is 1. The van der Waals surface area contributed by atoms with Crippen molar-refractivity contribution in [1.82, 2.24) is 10.2 Å². The van der Waals surface area contributed by atoms with Crippen molar-refractivity contribution in [2.24, 2.45) is 0 Å². The molecule has 146 valence electrons. The fourth-order valence-corrected chi connectivity index (χ4v) is 3.67. The number of carbonyl (C=O) groups is 2. The summed E-state index contributed by atoms with van der Waals surface area (Å²) in [5.74, 6) is 0.200. The van der Waals surface area contributed by atoms with Crippen LogP contribution in [-0.2, 0) is 16.1 Å². The fourth-order valence-electron chi connectivity index (χ4n) is 2.12. The third kappa shape index (κ3) is 5.57. The van der Waals surface area contributed by atoms with Crippen molar-refractivity contribution in [3.8, 4) is 5.75 Å². The van der Waals surface area contributed by atoms with E-state index in [1.54, 1.807) is 13.0 Å². The summed E-state index contributed by atoms with van der Waals surface area (Å²) < 4.78 is 16.4.